The van der Waals surface area contributed by atoms with Crippen molar-refractivity contribution in [3.8, 4) is 0 Å². The van der Waals surface area contributed by atoms with E-state index in [0.717, 1.165) is 17.8 Å². The van der Waals surface area contributed by atoms with Gasteiger partial charge in [0.1, 0.15) is 5.82 Å². The van der Waals surface area contributed by atoms with E-state index < -0.39 is 15.8 Å². The Hall–Kier alpha value is -2.85. The van der Waals surface area contributed by atoms with E-state index in [-0.39, 0.29) is 48.9 Å². The first-order chi connectivity index (χ1) is 15.6. The molecule has 10 heteroatoms. The van der Waals surface area contributed by atoms with Crippen LogP contribution < -0.4 is 0 Å². The third-order valence-electron chi connectivity index (χ3n) is 5.87. The third-order valence-corrected chi connectivity index (χ3v) is 7.79. The molecule has 1 amide bonds. The number of benzene rings is 1. The lowest BCUT2D eigenvalue weighted by molar-refractivity contribution is 0.0699. The largest absolute Gasteiger partial charge is 0.336 e. The average molecular weight is 474 g/mol. The molecule has 1 saturated heterocycles. The van der Waals surface area contributed by atoms with Crippen LogP contribution in [0, 0.1) is 5.82 Å². The molecule has 33 heavy (non-hydrogen) atoms. The molecule has 0 unspecified atom stereocenters. The molecule has 8 nitrogen and oxygen atoms in total. The third kappa shape index (κ3) is 4.37. The molecule has 3 heterocycles. The number of nitrogens with zero attached hydrogens (tertiary/aromatic N) is 5. The number of aromatic nitrogens is 3. The Morgan fingerprint density at radius 2 is 1.67 bits per heavy atom. The molecule has 0 radical (unpaired) electrons. The van der Waals surface area contributed by atoms with Gasteiger partial charge < -0.3 is 4.90 Å². The van der Waals surface area contributed by atoms with Gasteiger partial charge in [0, 0.05) is 37.9 Å². The van der Waals surface area contributed by atoms with Gasteiger partial charge in [-0.3, -0.25) is 4.79 Å². The lowest BCUT2D eigenvalue weighted by Gasteiger charge is -2.34. The maximum Gasteiger partial charge on any atom is 0.254 e. The summed E-state index contributed by atoms with van der Waals surface area (Å²) in [6.07, 6.45) is 1.68. The van der Waals surface area contributed by atoms with Gasteiger partial charge in [0.05, 0.1) is 22.0 Å². The molecular weight excluding hydrogens is 445 g/mol. The van der Waals surface area contributed by atoms with E-state index >= 15 is 0 Å². The van der Waals surface area contributed by atoms with Crippen LogP contribution in [0.25, 0.3) is 11.0 Å². The quantitative estimate of drug-likeness (QED) is 0.567. The number of carbonyl (C=O) groups is 1. The van der Waals surface area contributed by atoms with E-state index in [2.05, 4.69) is 5.10 Å². The van der Waals surface area contributed by atoms with Crippen molar-refractivity contribution in [3.05, 3.63) is 53.6 Å². The van der Waals surface area contributed by atoms with Crippen molar-refractivity contribution in [2.75, 3.05) is 26.2 Å². The molecule has 4 rings (SSSR count). The Kier molecular flexibility index (Phi) is 6.24. The Morgan fingerprint density at radius 1 is 1.03 bits per heavy atom. The van der Waals surface area contributed by atoms with Crippen LogP contribution in [0.5, 0.6) is 0 Å². The average Bonchev–Trinajstić information content (AvgIpc) is 3.23. The van der Waals surface area contributed by atoms with Gasteiger partial charge in [-0.25, -0.2) is 22.5 Å². The summed E-state index contributed by atoms with van der Waals surface area (Å²) >= 11 is 0. The topological polar surface area (TPSA) is 88.4 Å². The van der Waals surface area contributed by atoms with Gasteiger partial charge in [0.2, 0.25) is 10.0 Å². The predicted octanol–water partition coefficient (Wildman–Crippen LogP) is 3.42. The summed E-state index contributed by atoms with van der Waals surface area (Å²) in [4.78, 5) is 19.9. The van der Waals surface area contributed by atoms with Crippen LogP contribution in [0.3, 0.4) is 0 Å². The maximum atomic E-state index is 13.5. The fraction of sp³-hybridized carbons (Fsp3) is 0.435. The van der Waals surface area contributed by atoms with E-state index in [1.807, 2.05) is 38.4 Å². The Balaban J connectivity index is 1.58. The van der Waals surface area contributed by atoms with Crippen molar-refractivity contribution in [1.82, 2.24) is 24.0 Å². The first-order valence-corrected chi connectivity index (χ1v) is 12.5. The summed E-state index contributed by atoms with van der Waals surface area (Å²) in [5.74, 6) is -0.518. The summed E-state index contributed by atoms with van der Waals surface area (Å²) in [6, 6.07) is 6.70. The van der Waals surface area contributed by atoms with Gasteiger partial charge in [-0.1, -0.05) is 13.8 Å². The SMILES string of the molecule is CC(C)c1cc(C(=O)N2CCN(S(=O)(=O)c3ccc(F)cc3)CC2)c2cnn(C(C)C)c2n1. The highest BCUT2D eigenvalue weighted by Gasteiger charge is 2.31. The molecule has 2 aromatic heterocycles. The second-order valence-electron chi connectivity index (χ2n) is 8.82. The van der Waals surface area contributed by atoms with E-state index in [1.165, 1.54) is 16.4 Å². The second kappa shape index (κ2) is 8.83. The first kappa shape index (κ1) is 23.3. The van der Waals surface area contributed by atoms with Gasteiger partial charge in [-0.2, -0.15) is 9.40 Å². The summed E-state index contributed by atoms with van der Waals surface area (Å²) in [6.45, 7) is 8.94. The molecular formula is C23H28FN5O3S. The normalized spacial score (nSPS) is 15.7. The summed E-state index contributed by atoms with van der Waals surface area (Å²) in [5, 5.41) is 5.13. The van der Waals surface area contributed by atoms with Crippen molar-refractivity contribution in [3.63, 3.8) is 0 Å². The van der Waals surface area contributed by atoms with E-state index in [0.29, 0.717) is 16.6 Å². The van der Waals surface area contributed by atoms with Crippen LogP contribution in [-0.4, -0.2) is 64.5 Å². The van der Waals surface area contributed by atoms with Crippen molar-refractivity contribution in [2.24, 2.45) is 0 Å². The molecule has 0 bridgehead atoms. The van der Waals surface area contributed by atoms with Gasteiger partial charge >= 0.3 is 0 Å². The molecule has 0 saturated carbocycles. The minimum atomic E-state index is -3.75. The number of pyridine rings is 1. The lowest BCUT2D eigenvalue weighted by atomic mass is 10.0. The van der Waals surface area contributed by atoms with Gasteiger partial charge in [0.25, 0.3) is 5.91 Å². The minimum Gasteiger partial charge on any atom is -0.336 e. The maximum absolute atomic E-state index is 13.5. The highest BCUT2D eigenvalue weighted by molar-refractivity contribution is 7.89. The molecule has 1 aromatic carbocycles. The number of amides is 1. The van der Waals surface area contributed by atoms with Crippen LogP contribution in [-0.2, 0) is 10.0 Å². The van der Waals surface area contributed by atoms with Crippen LogP contribution >= 0.6 is 0 Å². The number of hydrogen-bond donors (Lipinski definition) is 0. The van der Waals surface area contributed by atoms with Crippen LogP contribution in [0.4, 0.5) is 4.39 Å². The standard InChI is InChI=1S/C23H28FN5O3S/c1-15(2)21-13-19(20-14-25-29(16(3)4)22(20)26-21)23(30)27-9-11-28(12-10-27)33(31,32)18-7-5-17(24)6-8-18/h5-8,13-16H,9-12H2,1-4H3. The Morgan fingerprint density at radius 3 is 2.24 bits per heavy atom. The highest BCUT2D eigenvalue weighted by atomic mass is 32.2. The number of hydrogen-bond acceptors (Lipinski definition) is 5. The lowest BCUT2D eigenvalue weighted by Crippen LogP contribution is -2.50. The molecule has 3 aromatic rings. The number of sulfonamides is 1. The van der Waals surface area contributed by atoms with Crippen molar-refractivity contribution >= 4 is 27.0 Å². The van der Waals surface area contributed by atoms with Gasteiger partial charge in [-0.05, 0) is 50.1 Å². The number of rotatable bonds is 5. The number of carbonyl (C=O) groups excluding carboxylic acids is 1. The Bertz CT molecular complexity index is 1280. The monoisotopic (exact) mass is 473 g/mol. The highest BCUT2D eigenvalue weighted by Crippen LogP contribution is 2.26. The predicted molar refractivity (Wildman–Crippen MR) is 123 cm³/mol. The van der Waals surface area contributed by atoms with Crippen molar-refractivity contribution in [1.29, 1.82) is 0 Å². The zero-order valence-electron chi connectivity index (χ0n) is 19.2. The van der Waals surface area contributed by atoms with E-state index in [9.17, 15) is 17.6 Å². The molecule has 0 atom stereocenters. The number of fused-ring (bicyclic) bond motifs is 1. The zero-order valence-corrected chi connectivity index (χ0v) is 20.0. The second-order valence-corrected chi connectivity index (χ2v) is 10.8. The molecule has 1 fully saturated rings. The number of halogens is 1. The minimum absolute atomic E-state index is 0.0437. The van der Waals surface area contributed by atoms with Crippen LogP contribution in [0.1, 0.15) is 55.7 Å². The van der Waals surface area contributed by atoms with Gasteiger partial charge in [0.15, 0.2) is 5.65 Å². The molecule has 0 spiro atoms. The zero-order chi connectivity index (χ0) is 23.9. The fourth-order valence-corrected chi connectivity index (χ4v) is 5.37. The Labute approximate surface area is 193 Å². The molecule has 0 N–H and O–H groups in total. The summed E-state index contributed by atoms with van der Waals surface area (Å²) < 4.78 is 42.1. The van der Waals surface area contributed by atoms with Gasteiger partial charge in [-0.15, -0.1) is 0 Å². The number of piperazine rings is 1. The van der Waals surface area contributed by atoms with Crippen molar-refractivity contribution in [2.45, 2.75) is 44.6 Å². The fourth-order valence-electron chi connectivity index (χ4n) is 3.95. The molecule has 176 valence electrons. The van der Waals surface area contributed by atoms with Crippen LogP contribution in [0.15, 0.2) is 41.4 Å². The molecule has 1 aliphatic rings. The van der Waals surface area contributed by atoms with E-state index in [4.69, 9.17) is 4.98 Å². The van der Waals surface area contributed by atoms with Crippen molar-refractivity contribution < 1.29 is 17.6 Å². The van der Waals surface area contributed by atoms with E-state index in [1.54, 1.807) is 11.1 Å². The molecule has 0 aliphatic carbocycles. The molecule has 1 aliphatic heterocycles. The smallest absolute Gasteiger partial charge is 0.254 e. The first-order valence-electron chi connectivity index (χ1n) is 11.0. The van der Waals surface area contributed by atoms with Crippen LogP contribution in [0.2, 0.25) is 0 Å². The summed E-state index contributed by atoms with van der Waals surface area (Å²) in [5.41, 5.74) is 2.02. The summed E-state index contributed by atoms with van der Waals surface area (Å²) in [7, 11) is -3.75.